The Morgan fingerprint density at radius 2 is 2.13 bits per heavy atom. The second-order valence-corrected chi connectivity index (χ2v) is 3.85. The Bertz CT molecular complexity index is 241. The van der Waals surface area contributed by atoms with Gasteiger partial charge in [0, 0.05) is 19.4 Å². The summed E-state index contributed by atoms with van der Waals surface area (Å²) in [5.74, 6) is -1.10. The summed E-state index contributed by atoms with van der Waals surface area (Å²) in [4.78, 5) is 23.2. The predicted molar refractivity (Wildman–Crippen MR) is 54.3 cm³/mol. The molecule has 15 heavy (non-hydrogen) atoms. The van der Waals surface area contributed by atoms with Crippen LogP contribution in [0.15, 0.2) is 0 Å². The molecule has 4 heteroatoms. The molecule has 0 heterocycles. The summed E-state index contributed by atoms with van der Waals surface area (Å²) >= 11 is 0. The Labute approximate surface area is 89.9 Å². The molecule has 0 bridgehead atoms. The highest BCUT2D eigenvalue weighted by molar-refractivity contribution is 5.99. The van der Waals surface area contributed by atoms with Crippen LogP contribution < -0.4 is 0 Å². The summed E-state index contributed by atoms with van der Waals surface area (Å²) in [6.07, 6.45) is 1.87. The number of Topliss-reactive ketones (excluding diaryl/α,β-unsaturated/α-hetero) is 1. The summed E-state index contributed by atoms with van der Waals surface area (Å²) < 4.78 is 9.98. The Hall–Kier alpha value is -0.900. The fraction of sp³-hybridized carbons (Fsp3) is 0.818. The highest BCUT2D eigenvalue weighted by Gasteiger charge is 2.42. The zero-order valence-electron chi connectivity index (χ0n) is 9.49. The summed E-state index contributed by atoms with van der Waals surface area (Å²) in [5, 5.41) is 0. The van der Waals surface area contributed by atoms with E-state index in [0.717, 1.165) is 6.42 Å². The number of ketones is 1. The third-order valence-electron chi connectivity index (χ3n) is 3.16. The van der Waals surface area contributed by atoms with Gasteiger partial charge >= 0.3 is 5.97 Å². The van der Waals surface area contributed by atoms with Gasteiger partial charge < -0.3 is 9.47 Å². The second-order valence-electron chi connectivity index (χ2n) is 3.85. The van der Waals surface area contributed by atoms with Gasteiger partial charge in [-0.15, -0.1) is 0 Å². The number of carbonyl (C=O) groups excluding carboxylic acids is 2. The Morgan fingerprint density at radius 1 is 1.47 bits per heavy atom. The van der Waals surface area contributed by atoms with Gasteiger partial charge in [0.15, 0.2) is 0 Å². The number of methoxy groups -OCH3 is 2. The second kappa shape index (κ2) is 5.26. The third kappa shape index (κ3) is 2.37. The zero-order valence-corrected chi connectivity index (χ0v) is 9.49. The molecule has 1 aliphatic carbocycles. The van der Waals surface area contributed by atoms with E-state index in [1.54, 1.807) is 7.11 Å². The Morgan fingerprint density at radius 3 is 2.60 bits per heavy atom. The van der Waals surface area contributed by atoms with Gasteiger partial charge in [-0.05, 0) is 12.8 Å². The minimum atomic E-state index is -0.626. The van der Waals surface area contributed by atoms with Crippen LogP contribution in [0.25, 0.3) is 0 Å². The lowest BCUT2D eigenvalue weighted by molar-refractivity contribution is -0.157. The van der Waals surface area contributed by atoms with E-state index in [4.69, 9.17) is 4.74 Å². The lowest BCUT2D eigenvalue weighted by Gasteiger charge is -2.34. The van der Waals surface area contributed by atoms with Crippen molar-refractivity contribution in [2.75, 3.05) is 14.2 Å². The van der Waals surface area contributed by atoms with Crippen LogP contribution >= 0.6 is 0 Å². The van der Waals surface area contributed by atoms with Crippen LogP contribution in [0.3, 0.4) is 0 Å². The van der Waals surface area contributed by atoms with Gasteiger partial charge in [-0.1, -0.05) is 6.92 Å². The smallest absolute Gasteiger partial charge is 0.316 e. The lowest BCUT2D eigenvalue weighted by Crippen LogP contribution is -2.43. The molecule has 0 amide bonds. The monoisotopic (exact) mass is 214 g/mol. The molecule has 0 saturated heterocycles. The van der Waals surface area contributed by atoms with E-state index in [1.165, 1.54) is 7.11 Å². The van der Waals surface area contributed by atoms with Gasteiger partial charge in [0.25, 0.3) is 0 Å². The van der Waals surface area contributed by atoms with E-state index in [-0.39, 0.29) is 17.8 Å². The first-order chi connectivity index (χ1) is 7.15. The largest absolute Gasteiger partial charge is 0.468 e. The molecule has 0 aliphatic heterocycles. The van der Waals surface area contributed by atoms with Gasteiger partial charge in [-0.25, -0.2) is 0 Å². The number of ether oxygens (including phenoxy) is 2. The average molecular weight is 214 g/mol. The maximum absolute atomic E-state index is 11.7. The molecule has 1 fully saturated rings. The van der Waals surface area contributed by atoms with E-state index in [1.807, 2.05) is 6.92 Å². The summed E-state index contributed by atoms with van der Waals surface area (Å²) in [6, 6.07) is 0. The number of rotatable bonds is 3. The maximum atomic E-state index is 11.7. The third-order valence-corrected chi connectivity index (χ3v) is 3.16. The van der Waals surface area contributed by atoms with E-state index in [0.29, 0.717) is 12.8 Å². The average Bonchev–Trinajstić information content (AvgIpc) is 2.27. The molecule has 0 radical (unpaired) electrons. The molecule has 1 aliphatic rings. The molecule has 1 unspecified atom stereocenters. The van der Waals surface area contributed by atoms with Crippen LogP contribution in [-0.4, -0.2) is 32.1 Å². The van der Waals surface area contributed by atoms with Gasteiger partial charge in [0.1, 0.15) is 11.7 Å². The van der Waals surface area contributed by atoms with Crippen molar-refractivity contribution in [3.63, 3.8) is 0 Å². The van der Waals surface area contributed by atoms with Gasteiger partial charge in [-0.3, -0.25) is 9.59 Å². The first kappa shape index (κ1) is 12.2. The van der Waals surface area contributed by atoms with Crippen molar-refractivity contribution in [2.45, 2.75) is 32.3 Å². The van der Waals surface area contributed by atoms with Gasteiger partial charge in [0.05, 0.1) is 13.2 Å². The molecule has 4 nitrogen and oxygen atoms in total. The number of esters is 1. The predicted octanol–water partition coefficient (Wildman–Crippen LogP) is 1.18. The maximum Gasteiger partial charge on any atom is 0.316 e. The number of carbonyl (C=O) groups is 2. The first-order valence-corrected chi connectivity index (χ1v) is 5.29. The fourth-order valence-electron chi connectivity index (χ4n) is 2.33. The molecule has 86 valence electrons. The van der Waals surface area contributed by atoms with E-state index < -0.39 is 11.9 Å². The molecular weight excluding hydrogens is 196 g/mol. The van der Waals surface area contributed by atoms with Crippen LogP contribution in [0.4, 0.5) is 0 Å². The molecule has 0 spiro atoms. The highest BCUT2D eigenvalue weighted by Crippen LogP contribution is 2.32. The van der Waals surface area contributed by atoms with Crippen molar-refractivity contribution < 1.29 is 19.1 Å². The number of hydrogen-bond acceptors (Lipinski definition) is 4. The summed E-state index contributed by atoms with van der Waals surface area (Å²) in [5.41, 5.74) is 0. The molecule has 3 atom stereocenters. The lowest BCUT2D eigenvalue weighted by atomic mass is 9.75. The zero-order chi connectivity index (χ0) is 11.4. The van der Waals surface area contributed by atoms with Crippen LogP contribution in [0.1, 0.15) is 26.2 Å². The van der Waals surface area contributed by atoms with Gasteiger partial charge in [0.2, 0.25) is 0 Å². The van der Waals surface area contributed by atoms with Crippen molar-refractivity contribution in [1.29, 1.82) is 0 Å². The fourth-order valence-corrected chi connectivity index (χ4v) is 2.33. The van der Waals surface area contributed by atoms with Crippen LogP contribution in [0, 0.1) is 11.8 Å². The van der Waals surface area contributed by atoms with E-state index >= 15 is 0 Å². The van der Waals surface area contributed by atoms with Crippen molar-refractivity contribution in [3.8, 4) is 0 Å². The molecule has 0 aromatic rings. The van der Waals surface area contributed by atoms with Crippen molar-refractivity contribution >= 4 is 11.8 Å². The molecule has 0 aromatic heterocycles. The Balaban J connectivity index is 2.86. The molecule has 0 aromatic carbocycles. The molecule has 1 saturated carbocycles. The Kier molecular flexibility index (Phi) is 4.27. The first-order valence-electron chi connectivity index (χ1n) is 5.29. The SMILES string of the molecule is CC[C@@H]1C(C(=O)OC)C(=O)CC[C@H]1OC. The minimum absolute atomic E-state index is 0.00296. The summed E-state index contributed by atoms with van der Waals surface area (Å²) in [6.45, 7) is 1.96. The van der Waals surface area contributed by atoms with Crippen LogP contribution in [0.2, 0.25) is 0 Å². The normalized spacial score (nSPS) is 31.4. The van der Waals surface area contributed by atoms with E-state index in [2.05, 4.69) is 4.74 Å². The highest BCUT2D eigenvalue weighted by atomic mass is 16.5. The van der Waals surface area contributed by atoms with Crippen LogP contribution in [-0.2, 0) is 19.1 Å². The van der Waals surface area contributed by atoms with Crippen molar-refractivity contribution in [2.24, 2.45) is 11.8 Å². The standard InChI is InChI=1S/C11H18O4/c1-4-7-9(14-2)6-5-8(12)10(7)11(13)15-3/h7,9-10H,4-6H2,1-3H3/t7-,9+,10?/m0/s1. The topological polar surface area (TPSA) is 52.6 Å². The summed E-state index contributed by atoms with van der Waals surface area (Å²) in [7, 11) is 2.94. The van der Waals surface area contributed by atoms with Crippen molar-refractivity contribution in [3.05, 3.63) is 0 Å². The molecular formula is C11H18O4. The van der Waals surface area contributed by atoms with Gasteiger partial charge in [-0.2, -0.15) is 0 Å². The quantitative estimate of drug-likeness (QED) is 0.523. The van der Waals surface area contributed by atoms with E-state index in [9.17, 15) is 9.59 Å². The van der Waals surface area contributed by atoms with Crippen LogP contribution in [0.5, 0.6) is 0 Å². The number of hydrogen-bond donors (Lipinski definition) is 0. The minimum Gasteiger partial charge on any atom is -0.468 e. The van der Waals surface area contributed by atoms with Crippen molar-refractivity contribution in [1.82, 2.24) is 0 Å². The molecule has 0 N–H and O–H groups in total. The molecule has 1 rings (SSSR count).